The zero-order valence-corrected chi connectivity index (χ0v) is 27.2. The third kappa shape index (κ3) is 8.66. The maximum absolute atomic E-state index is 14.1. The van der Waals surface area contributed by atoms with Crippen molar-refractivity contribution in [3.8, 4) is 40.1 Å². The molecular formula is C27H26N4O24. The predicted molar refractivity (Wildman–Crippen MR) is 164 cm³/mol. The lowest BCUT2D eigenvalue weighted by Gasteiger charge is -2.42. The molecule has 298 valence electrons. The highest BCUT2D eigenvalue weighted by Gasteiger charge is 2.48. The van der Waals surface area contributed by atoms with E-state index < -0.39 is 145 Å². The van der Waals surface area contributed by atoms with Gasteiger partial charge in [0, 0.05) is 11.6 Å². The lowest BCUT2D eigenvalue weighted by Crippen LogP contribution is -2.61. The van der Waals surface area contributed by atoms with Gasteiger partial charge in [0.1, 0.15) is 59.8 Å². The Morgan fingerprint density at radius 1 is 0.673 bits per heavy atom. The van der Waals surface area contributed by atoms with Crippen LogP contribution in [-0.4, -0.2) is 119 Å². The van der Waals surface area contributed by atoms with E-state index in [1.807, 2.05) is 0 Å². The number of aliphatic hydroxyl groups is 6. The Bertz CT molecular complexity index is 2030. The third-order valence-electron chi connectivity index (χ3n) is 7.93. The first-order chi connectivity index (χ1) is 25.9. The lowest BCUT2D eigenvalue weighted by molar-refractivity contribution is -0.721. The molecule has 1 unspecified atom stereocenters. The van der Waals surface area contributed by atoms with Gasteiger partial charge in [-0.2, -0.15) is 0 Å². The summed E-state index contributed by atoms with van der Waals surface area (Å²) in [6, 6.07) is 3.51. The summed E-state index contributed by atoms with van der Waals surface area (Å²) < 4.78 is 27.6. The molecule has 0 amide bonds. The van der Waals surface area contributed by atoms with E-state index in [4.69, 9.17) is 23.4 Å². The fourth-order valence-corrected chi connectivity index (χ4v) is 5.40. The van der Waals surface area contributed by atoms with Gasteiger partial charge < -0.3 is 54.0 Å². The fourth-order valence-electron chi connectivity index (χ4n) is 5.40. The van der Waals surface area contributed by atoms with Crippen LogP contribution in [-0.2, 0) is 14.2 Å². The molecule has 28 heteroatoms. The van der Waals surface area contributed by atoms with E-state index in [1.165, 1.54) is 6.92 Å². The van der Waals surface area contributed by atoms with Crippen LogP contribution in [0.2, 0.25) is 0 Å². The number of ether oxygens (including phenoxy) is 4. The molecule has 3 heterocycles. The Labute approximate surface area is 301 Å². The Morgan fingerprint density at radius 3 is 1.89 bits per heavy atom. The minimum atomic E-state index is -2.24. The van der Waals surface area contributed by atoms with Crippen molar-refractivity contribution in [1.82, 2.24) is 0 Å². The van der Waals surface area contributed by atoms with E-state index in [9.17, 15) is 75.9 Å². The van der Waals surface area contributed by atoms with Crippen LogP contribution in [0.4, 0.5) is 0 Å². The van der Waals surface area contributed by atoms with Gasteiger partial charge in [0.2, 0.25) is 17.5 Å². The number of fused-ring (bicyclic) bond motifs is 1. The molecule has 0 radical (unpaired) electrons. The number of hydrogen-bond acceptors (Lipinski definition) is 24. The fraction of sp³-hybridized carbons (Fsp3) is 0.444. The van der Waals surface area contributed by atoms with Crippen LogP contribution < -0.4 is 29.5 Å². The molecule has 0 bridgehead atoms. The Kier molecular flexibility index (Phi) is 11.7. The first-order valence-corrected chi connectivity index (χ1v) is 15.1. The van der Waals surface area contributed by atoms with E-state index in [-0.39, 0.29) is 0 Å². The van der Waals surface area contributed by atoms with Crippen molar-refractivity contribution in [2.24, 2.45) is 0 Å². The molecule has 2 fully saturated rings. The van der Waals surface area contributed by atoms with Gasteiger partial charge in [-0.25, -0.2) is 0 Å². The zero-order valence-electron chi connectivity index (χ0n) is 27.2. The van der Waals surface area contributed by atoms with Gasteiger partial charge in [-0.1, -0.05) is 0 Å². The summed E-state index contributed by atoms with van der Waals surface area (Å²) in [6.07, 6.45) is -18.0. The van der Waals surface area contributed by atoms with E-state index in [1.54, 1.807) is 0 Å². The molecular weight excluding hydrogens is 764 g/mol. The van der Waals surface area contributed by atoms with Crippen LogP contribution in [0, 0.1) is 40.5 Å². The Hall–Kier alpha value is -6.11. The lowest BCUT2D eigenvalue weighted by atomic mass is 9.98. The monoisotopic (exact) mass is 790 g/mol. The van der Waals surface area contributed by atoms with Gasteiger partial charge in [-0.3, -0.25) is 24.1 Å². The maximum Gasteiger partial charge on any atom is 0.299 e. The second-order valence-electron chi connectivity index (χ2n) is 11.5. The van der Waals surface area contributed by atoms with E-state index in [0.29, 0.717) is 18.2 Å². The summed E-state index contributed by atoms with van der Waals surface area (Å²) in [6.45, 7) is 0.549. The SMILES string of the molecule is C[C@@H]1O[C@@H](OC[C@H]2O[C@@H](Oc3c(-c4ccc(O[N+](=O)[O-])c(O[N+](=O)[O-])c4)oc4cc(O[N+](=O)[O-])cc(O[N+](=O)[O-])c4c3=O)[C@H](O)C(O)[C@@H]2O)[C@H](O)[C@H](O)[C@H]1O. The molecule has 2 aliphatic rings. The summed E-state index contributed by atoms with van der Waals surface area (Å²) >= 11 is 0. The van der Waals surface area contributed by atoms with E-state index in [0.717, 1.165) is 12.1 Å². The normalized spacial score (nSPS) is 27.8. The molecule has 2 aliphatic heterocycles. The van der Waals surface area contributed by atoms with Crippen molar-refractivity contribution < 1.29 is 93.7 Å². The second kappa shape index (κ2) is 16.1. The van der Waals surface area contributed by atoms with E-state index >= 15 is 0 Å². The summed E-state index contributed by atoms with van der Waals surface area (Å²) in [5.41, 5.74) is -2.68. The van der Waals surface area contributed by atoms with Gasteiger partial charge in [-0.15, -0.1) is 40.5 Å². The van der Waals surface area contributed by atoms with Gasteiger partial charge in [0.15, 0.2) is 23.5 Å². The largest absolute Gasteiger partial charge is 0.454 e. The first-order valence-electron chi connectivity index (χ1n) is 15.1. The van der Waals surface area contributed by atoms with Gasteiger partial charge in [0.25, 0.3) is 20.3 Å². The molecule has 28 nitrogen and oxygen atoms in total. The minimum Gasteiger partial charge on any atom is -0.454 e. The van der Waals surface area contributed by atoms with Crippen molar-refractivity contribution in [2.45, 2.75) is 68.3 Å². The quantitative estimate of drug-likeness (QED) is 0.0743. The molecule has 2 aromatic carbocycles. The van der Waals surface area contributed by atoms with Gasteiger partial charge in [-0.05, 0) is 31.2 Å². The number of aliphatic hydroxyl groups excluding tert-OH is 6. The Balaban J connectivity index is 1.62. The van der Waals surface area contributed by atoms with Crippen LogP contribution in [0.1, 0.15) is 6.92 Å². The molecule has 0 spiro atoms. The molecule has 55 heavy (non-hydrogen) atoms. The number of hydrogen-bond donors (Lipinski definition) is 6. The molecule has 0 saturated carbocycles. The Morgan fingerprint density at radius 2 is 1.25 bits per heavy atom. The van der Waals surface area contributed by atoms with Crippen LogP contribution in [0.5, 0.6) is 28.7 Å². The average Bonchev–Trinajstić information content (AvgIpc) is 3.09. The van der Waals surface area contributed by atoms with Crippen molar-refractivity contribution >= 4 is 11.0 Å². The smallest absolute Gasteiger partial charge is 0.299 e. The molecule has 2 saturated heterocycles. The molecule has 6 N–H and O–H groups in total. The van der Waals surface area contributed by atoms with Crippen molar-refractivity contribution in [1.29, 1.82) is 0 Å². The van der Waals surface area contributed by atoms with Crippen molar-refractivity contribution in [3.05, 3.63) is 81.0 Å². The highest BCUT2D eigenvalue weighted by atomic mass is 17.0. The average molecular weight is 791 g/mol. The standard InChI is InChI=1S/C27H26N4O24/c1-8-17(32)20(35)22(37)26(48-8)47-7-15-18(33)21(36)23(38)27(50-15)51-25-19(34)16-13(5-10(52-28(39)40)6-14(16)55-31(45)46)49-24(25)9-2-3-11(53-29(41)42)12(4-9)54-30(43)44/h2-6,8,15,17-18,20-23,26-27,32-33,35-38H,7H2,1H3/t8-,15+,17-,18+,20+,21?,22+,23+,26+,27-/m0/s1. The number of nitrogens with zero attached hydrogens (tertiary/aromatic N) is 4. The van der Waals surface area contributed by atoms with Crippen LogP contribution >= 0.6 is 0 Å². The van der Waals surface area contributed by atoms with Gasteiger partial charge >= 0.3 is 0 Å². The molecule has 0 aliphatic carbocycles. The van der Waals surface area contributed by atoms with Crippen molar-refractivity contribution in [2.75, 3.05) is 6.61 Å². The summed E-state index contributed by atoms with van der Waals surface area (Å²) in [7, 11) is 0. The number of rotatable bonds is 14. The summed E-state index contributed by atoms with van der Waals surface area (Å²) in [5.74, 6) is -5.58. The van der Waals surface area contributed by atoms with Crippen LogP contribution in [0.3, 0.4) is 0 Å². The summed E-state index contributed by atoms with van der Waals surface area (Å²) in [5, 5.41) is 101. The molecule has 5 rings (SSSR count). The molecule has 10 atom stereocenters. The number of benzene rings is 2. The van der Waals surface area contributed by atoms with Crippen molar-refractivity contribution in [3.63, 3.8) is 0 Å². The first kappa shape index (κ1) is 40.1. The summed E-state index contributed by atoms with van der Waals surface area (Å²) in [4.78, 5) is 76.0. The van der Waals surface area contributed by atoms with Gasteiger partial charge in [0.05, 0.1) is 18.1 Å². The maximum atomic E-state index is 14.1. The highest BCUT2D eigenvalue weighted by Crippen LogP contribution is 2.41. The van der Waals surface area contributed by atoms with Crippen LogP contribution in [0.25, 0.3) is 22.3 Å². The van der Waals surface area contributed by atoms with E-state index in [2.05, 4.69) is 19.4 Å². The third-order valence-corrected chi connectivity index (χ3v) is 7.93. The minimum absolute atomic E-state index is 0.483. The predicted octanol–water partition coefficient (Wildman–Crippen LogP) is -2.23. The highest BCUT2D eigenvalue weighted by molar-refractivity contribution is 5.88. The zero-order chi connectivity index (χ0) is 40.5. The second-order valence-corrected chi connectivity index (χ2v) is 11.5. The topological polar surface area (TPSA) is 398 Å². The van der Waals surface area contributed by atoms with Crippen LogP contribution in [0.15, 0.2) is 39.5 Å². The molecule has 1 aromatic heterocycles. The molecule has 3 aromatic rings.